The highest BCUT2D eigenvalue weighted by atomic mass is 32.1. The van der Waals surface area contributed by atoms with Crippen molar-refractivity contribution in [2.75, 3.05) is 32.6 Å². The van der Waals surface area contributed by atoms with E-state index < -0.39 is 6.43 Å². The number of nitrogens with zero attached hydrogens (tertiary/aromatic N) is 2. The van der Waals surface area contributed by atoms with Crippen LogP contribution < -0.4 is 10.2 Å². The van der Waals surface area contributed by atoms with Crippen molar-refractivity contribution in [3.63, 3.8) is 0 Å². The zero-order valence-corrected chi connectivity index (χ0v) is 11.0. The standard InChI is InChI=1S/C10H17F2N3OS/c1-13-4-8-7(6-16-3)14-10(17-8)15(2)5-9(11)12/h9,13H,4-6H2,1-3H3. The molecule has 0 unspecified atom stereocenters. The van der Waals surface area contributed by atoms with Gasteiger partial charge < -0.3 is 15.0 Å². The summed E-state index contributed by atoms with van der Waals surface area (Å²) in [5.74, 6) is 0. The number of methoxy groups -OCH3 is 1. The van der Waals surface area contributed by atoms with Gasteiger partial charge in [0.25, 0.3) is 6.43 Å². The number of hydrogen-bond donors (Lipinski definition) is 1. The molecule has 0 radical (unpaired) electrons. The van der Waals surface area contributed by atoms with Gasteiger partial charge in [0.2, 0.25) is 0 Å². The summed E-state index contributed by atoms with van der Waals surface area (Å²) in [4.78, 5) is 6.80. The summed E-state index contributed by atoms with van der Waals surface area (Å²) < 4.78 is 29.6. The van der Waals surface area contributed by atoms with E-state index in [1.807, 2.05) is 7.05 Å². The van der Waals surface area contributed by atoms with Crippen LogP contribution in [-0.4, -0.2) is 39.2 Å². The first-order chi connectivity index (χ1) is 8.08. The van der Waals surface area contributed by atoms with Gasteiger partial charge in [-0.3, -0.25) is 0 Å². The minimum Gasteiger partial charge on any atom is -0.378 e. The number of rotatable bonds is 7. The second-order valence-electron chi connectivity index (χ2n) is 3.60. The number of thiazole rings is 1. The van der Waals surface area contributed by atoms with Crippen LogP contribution in [0.2, 0.25) is 0 Å². The molecule has 0 amide bonds. The van der Waals surface area contributed by atoms with Gasteiger partial charge in [0, 0.05) is 25.6 Å². The molecule has 0 bridgehead atoms. The molecule has 0 spiro atoms. The Morgan fingerprint density at radius 2 is 2.24 bits per heavy atom. The Hall–Kier alpha value is -0.790. The first kappa shape index (κ1) is 14.3. The van der Waals surface area contributed by atoms with Crippen molar-refractivity contribution in [1.82, 2.24) is 10.3 Å². The highest BCUT2D eigenvalue weighted by molar-refractivity contribution is 7.15. The third-order valence-corrected chi connectivity index (χ3v) is 3.34. The normalized spacial score (nSPS) is 11.2. The number of aromatic nitrogens is 1. The predicted octanol–water partition coefficient (Wildman–Crippen LogP) is 1.71. The van der Waals surface area contributed by atoms with Crippen molar-refractivity contribution in [2.45, 2.75) is 19.6 Å². The average molecular weight is 265 g/mol. The second kappa shape index (κ2) is 6.83. The van der Waals surface area contributed by atoms with Crippen LogP contribution in [0, 0.1) is 0 Å². The first-order valence-corrected chi connectivity index (χ1v) is 6.01. The van der Waals surface area contributed by atoms with E-state index in [-0.39, 0.29) is 6.54 Å². The van der Waals surface area contributed by atoms with Gasteiger partial charge in [-0.25, -0.2) is 13.8 Å². The predicted molar refractivity (Wildman–Crippen MR) is 64.9 cm³/mol. The SMILES string of the molecule is CNCc1sc(N(C)CC(F)F)nc1COC. The van der Waals surface area contributed by atoms with Crippen LogP contribution in [0.3, 0.4) is 0 Å². The van der Waals surface area contributed by atoms with Gasteiger partial charge in [-0.05, 0) is 7.05 Å². The van der Waals surface area contributed by atoms with Crippen LogP contribution in [0.25, 0.3) is 0 Å². The second-order valence-corrected chi connectivity index (χ2v) is 4.66. The van der Waals surface area contributed by atoms with Crippen LogP contribution >= 0.6 is 11.3 Å². The average Bonchev–Trinajstić information content (AvgIpc) is 2.62. The van der Waals surface area contributed by atoms with Gasteiger partial charge in [-0.1, -0.05) is 0 Å². The van der Waals surface area contributed by atoms with Crippen LogP contribution in [0.4, 0.5) is 13.9 Å². The Morgan fingerprint density at radius 1 is 1.53 bits per heavy atom. The van der Waals surface area contributed by atoms with Gasteiger partial charge in [0.05, 0.1) is 18.8 Å². The Balaban J connectivity index is 2.82. The van der Waals surface area contributed by atoms with Gasteiger partial charge >= 0.3 is 0 Å². The number of anilines is 1. The summed E-state index contributed by atoms with van der Waals surface area (Å²) in [6.07, 6.45) is -2.36. The number of ether oxygens (including phenoxy) is 1. The van der Waals surface area contributed by atoms with Crippen molar-refractivity contribution in [3.05, 3.63) is 10.6 Å². The number of halogens is 2. The molecule has 0 aliphatic heterocycles. The summed E-state index contributed by atoms with van der Waals surface area (Å²) in [5, 5.41) is 3.62. The number of alkyl halides is 2. The van der Waals surface area contributed by atoms with E-state index in [0.29, 0.717) is 18.3 Å². The summed E-state index contributed by atoms with van der Waals surface area (Å²) in [5.41, 5.74) is 0.808. The molecule has 1 aromatic rings. The maximum absolute atomic E-state index is 12.3. The molecule has 0 aliphatic carbocycles. The molecule has 4 nitrogen and oxygen atoms in total. The Morgan fingerprint density at radius 3 is 2.76 bits per heavy atom. The molecule has 0 fully saturated rings. The van der Waals surface area contributed by atoms with Crippen LogP contribution in [0.15, 0.2) is 0 Å². The number of hydrogen-bond acceptors (Lipinski definition) is 5. The lowest BCUT2D eigenvalue weighted by molar-refractivity contribution is 0.156. The lowest BCUT2D eigenvalue weighted by Crippen LogP contribution is -2.23. The summed E-state index contributed by atoms with van der Waals surface area (Å²) >= 11 is 1.41. The van der Waals surface area contributed by atoms with Gasteiger partial charge in [0.15, 0.2) is 5.13 Å². The minimum atomic E-state index is -2.36. The highest BCUT2D eigenvalue weighted by Crippen LogP contribution is 2.26. The van der Waals surface area contributed by atoms with Crippen LogP contribution in [-0.2, 0) is 17.9 Å². The lowest BCUT2D eigenvalue weighted by Gasteiger charge is -2.14. The summed E-state index contributed by atoms with van der Waals surface area (Å²) in [7, 11) is 5.04. The fraction of sp³-hybridized carbons (Fsp3) is 0.700. The molecule has 0 saturated heterocycles. The van der Waals surface area contributed by atoms with Crippen molar-refractivity contribution in [3.8, 4) is 0 Å². The zero-order chi connectivity index (χ0) is 12.8. The molecule has 1 aromatic heterocycles. The molecule has 98 valence electrons. The molecule has 1 N–H and O–H groups in total. The molecular weight excluding hydrogens is 248 g/mol. The van der Waals surface area contributed by atoms with E-state index in [1.54, 1.807) is 14.2 Å². The molecule has 7 heteroatoms. The summed E-state index contributed by atoms with van der Waals surface area (Å²) in [6, 6.07) is 0. The highest BCUT2D eigenvalue weighted by Gasteiger charge is 2.16. The quantitative estimate of drug-likeness (QED) is 0.814. The van der Waals surface area contributed by atoms with E-state index in [4.69, 9.17) is 4.74 Å². The van der Waals surface area contributed by atoms with E-state index in [2.05, 4.69) is 10.3 Å². The summed E-state index contributed by atoms with van der Waals surface area (Å²) in [6.45, 7) is 0.758. The van der Waals surface area contributed by atoms with Crippen LogP contribution in [0.5, 0.6) is 0 Å². The van der Waals surface area contributed by atoms with Gasteiger partial charge in [-0.2, -0.15) is 0 Å². The molecule has 0 aliphatic rings. The lowest BCUT2D eigenvalue weighted by atomic mass is 10.4. The van der Waals surface area contributed by atoms with E-state index in [9.17, 15) is 8.78 Å². The van der Waals surface area contributed by atoms with Crippen molar-refractivity contribution >= 4 is 16.5 Å². The van der Waals surface area contributed by atoms with E-state index in [1.165, 1.54) is 16.2 Å². The first-order valence-electron chi connectivity index (χ1n) is 5.19. The Labute approximate surface area is 104 Å². The smallest absolute Gasteiger partial charge is 0.255 e. The van der Waals surface area contributed by atoms with Gasteiger partial charge in [0.1, 0.15) is 0 Å². The zero-order valence-electron chi connectivity index (χ0n) is 10.2. The maximum atomic E-state index is 12.3. The van der Waals surface area contributed by atoms with Crippen LogP contribution in [0.1, 0.15) is 10.6 Å². The fourth-order valence-electron chi connectivity index (χ4n) is 1.37. The van der Waals surface area contributed by atoms with Gasteiger partial charge in [-0.15, -0.1) is 11.3 Å². The monoisotopic (exact) mass is 265 g/mol. The molecule has 1 heterocycles. The number of nitrogens with one attached hydrogen (secondary N) is 1. The van der Waals surface area contributed by atoms with Crippen molar-refractivity contribution < 1.29 is 13.5 Å². The largest absolute Gasteiger partial charge is 0.378 e. The molecule has 1 rings (SSSR count). The molecule has 17 heavy (non-hydrogen) atoms. The molecule has 0 aromatic carbocycles. The molecular formula is C10H17F2N3OS. The van der Waals surface area contributed by atoms with E-state index >= 15 is 0 Å². The van der Waals surface area contributed by atoms with Crippen molar-refractivity contribution in [2.24, 2.45) is 0 Å². The third-order valence-electron chi connectivity index (χ3n) is 2.12. The fourth-order valence-corrected chi connectivity index (χ4v) is 2.41. The maximum Gasteiger partial charge on any atom is 0.255 e. The van der Waals surface area contributed by atoms with E-state index in [0.717, 1.165) is 10.6 Å². The third kappa shape index (κ3) is 4.18. The topological polar surface area (TPSA) is 37.4 Å². The molecule has 0 atom stereocenters. The van der Waals surface area contributed by atoms with Crippen molar-refractivity contribution in [1.29, 1.82) is 0 Å². The molecule has 0 saturated carbocycles. The Bertz CT molecular complexity index is 323. The Kier molecular flexibility index (Phi) is 5.73. The minimum absolute atomic E-state index is 0.307.